The first-order valence-electron chi connectivity index (χ1n) is 8.43. The number of hydrogen-bond acceptors (Lipinski definition) is 5. The molecule has 0 spiro atoms. The topological polar surface area (TPSA) is 75.4 Å². The lowest BCUT2D eigenvalue weighted by molar-refractivity contribution is -0.129. The number of nitrogens with one attached hydrogen (secondary N) is 1. The molecule has 0 aliphatic carbocycles. The van der Waals surface area contributed by atoms with Crippen molar-refractivity contribution in [1.29, 1.82) is 0 Å². The molecule has 0 bridgehead atoms. The van der Waals surface area contributed by atoms with Crippen molar-refractivity contribution >= 4 is 35.0 Å². The third kappa shape index (κ3) is 4.92. The van der Waals surface area contributed by atoms with Crippen LogP contribution in [0.2, 0.25) is 0 Å². The summed E-state index contributed by atoms with van der Waals surface area (Å²) in [5, 5.41) is 6.22. The molecule has 28 heavy (non-hydrogen) atoms. The molecule has 2 heterocycles. The van der Waals surface area contributed by atoms with Crippen molar-refractivity contribution in [3.05, 3.63) is 65.0 Å². The fourth-order valence-corrected chi connectivity index (χ4v) is 3.37. The Balaban J connectivity index is 1.57. The summed E-state index contributed by atoms with van der Waals surface area (Å²) in [5.41, 5.74) is 0.523. The van der Waals surface area contributed by atoms with E-state index < -0.39 is 0 Å². The summed E-state index contributed by atoms with van der Waals surface area (Å²) in [7, 11) is 1.53. The van der Waals surface area contributed by atoms with Crippen LogP contribution in [0.1, 0.15) is 10.6 Å². The number of amides is 2. The number of benzene rings is 1. The van der Waals surface area contributed by atoms with Crippen LogP contribution in [0.25, 0.3) is 16.5 Å². The summed E-state index contributed by atoms with van der Waals surface area (Å²) < 4.78 is 18.7. The molecule has 3 rings (SSSR count). The molecule has 0 aliphatic rings. The van der Waals surface area contributed by atoms with Gasteiger partial charge >= 0.3 is 0 Å². The van der Waals surface area contributed by atoms with Crippen molar-refractivity contribution in [2.24, 2.45) is 0 Å². The van der Waals surface area contributed by atoms with Crippen LogP contribution in [0, 0.1) is 12.7 Å². The first-order valence-corrected chi connectivity index (χ1v) is 9.25. The summed E-state index contributed by atoms with van der Waals surface area (Å²) >= 11 is 1.38. The van der Waals surface area contributed by atoms with Crippen molar-refractivity contribution in [1.82, 2.24) is 10.1 Å². The Morgan fingerprint density at radius 2 is 2.07 bits per heavy atom. The van der Waals surface area contributed by atoms with Gasteiger partial charge in [-0.15, -0.1) is 11.3 Å². The first kappa shape index (κ1) is 19.5. The lowest BCUT2D eigenvalue weighted by atomic mass is 10.2. The number of likely N-dealkylation sites (N-methyl/N-ethyl adjacent to an activating group) is 1. The predicted octanol–water partition coefficient (Wildman–Crippen LogP) is 3.96. The number of rotatable bonds is 6. The van der Waals surface area contributed by atoms with Gasteiger partial charge in [-0.3, -0.25) is 9.59 Å². The highest BCUT2D eigenvalue weighted by Gasteiger charge is 2.12. The second-order valence-corrected chi connectivity index (χ2v) is 7.20. The van der Waals surface area contributed by atoms with Crippen molar-refractivity contribution in [2.45, 2.75) is 6.92 Å². The van der Waals surface area contributed by atoms with Crippen LogP contribution in [-0.2, 0) is 9.59 Å². The summed E-state index contributed by atoms with van der Waals surface area (Å²) in [4.78, 5) is 27.0. The van der Waals surface area contributed by atoms with E-state index in [0.717, 1.165) is 9.75 Å². The summed E-state index contributed by atoms with van der Waals surface area (Å²) in [6.07, 6.45) is 3.03. The van der Waals surface area contributed by atoms with Crippen molar-refractivity contribution in [3.63, 3.8) is 0 Å². The normalized spacial score (nSPS) is 11.0. The van der Waals surface area contributed by atoms with Crippen LogP contribution in [0.5, 0.6) is 0 Å². The zero-order chi connectivity index (χ0) is 20.1. The van der Waals surface area contributed by atoms with Crippen LogP contribution in [0.3, 0.4) is 0 Å². The van der Waals surface area contributed by atoms with E-state index in [9.17, 15) is 14.0 Å². The van der Waals surface area contributed by atoms with Gasteiger partial charge < -0.3 is 14.7 Å². The summed E-state index contributed by atoms with van der Waals surface area (Å²) in [5.74, 6) is -0.113. The van der Waals surface area contributed by atoms with Gasteiger partial charge in [-0.2, -0.15) is 0 Å². The molecular weight excluding hydrogens is 381 g/mol. The number of carbonyl (C=O) groups is 2. The fourth-order valence-electron chi connectivity index (χ4n) is 2.43. The Morgan fingerprint density at radius 3 is 2.79 bits per heavy atom. The highest BCUT2D eigenvalue weighted by Crippen LogP contribution is 2.30. The van der Waals surface area contributed by atoms with Crippen molar-refractivity contribution in [2.75, 3.05) is 18.9 Å². The van der Waals surface area contributed by atoms with Crippen molar-refractivity contribution < 1.29 is 18.5 Å². The molecule has 3 aromatic rings. The number of nitrogens with zero attached hydrogens (tertiary/aromatic N) is 2. The van der Waals surface area contributed by atoms with E-state index in [0.29, 0.717) is 17.1 Å². The summed E-state index contributed by atoms with van der Waals surface area (Å²) in [6, 6.07) is 11.7. The van der Waals surface area contributed by atoms with Crippen LogP contribution in [-0.4, -0.2) is 35.5 Å². The van der Waals surface area contributed by atoms with Gasteiger partial charge in [0.25, 0.3) is 0 Å². The molecule has 6 nitrogen and oxygen atoms in total. The Bertz CT molecular complexity index is 1030. The van der Waals surface area contributed by atoms with Gasteiger partial charge in [0, 0.05) is 34.5 Å². The van der Waals surface area contributed by atoms with Crippen LogP contribution in [0.4, 0.5) is 10.2 Å². The van der Waals surface area contributed by atoms with Crippen LogP contribution >= 0.6 is 11.3 Å². The Kier molecular flexibility index (Phi) is 6.00. The van der Waals surface area contributed by atoms with E-state index in [1.807, 2.05) is 12.1 Å². The maximum absolute atomic E-state index is 13.9. The SMILES string of the molecule is Cc1cc(NC(=O)CN(C)C(=O)/C=C/c2ccc(-c3ccccc3F)s2)no1. The molecular formula is C20H18FN3O3S. The molecule has 1 N–H and O–H groups in total. The smallest absolute Gasteiger partial charge is 0.246 e. The minimum atomic E-state index is -0.379. The maximum atomic E-state index is 13.9. The molecule has 0 unspecified atom stereocenters. The predicted molar refractivity (Wildman–Crippen MR) is 106 cm³/mol. The maximum Gasteiger partial charge on any atom is 0.246 e. The van der Waals surface area contributed by atoms with Gasteiger partial charge in [-0.25, -0.2) is 4.39 Å². The first-order chi connectivity index (χ1) is 13.4. The second-order valence-electron chi connectivity index (χ2n) is 6.08. The molecule has 2 amide bonds. The highest BCUT2D eigenvalue weighted by molar-refractivity contribution is 7.16. The molecule has 0 radical (unpaired) electrons. The number of halogens is 1. The van der Waals surface area contributed by atoms with Crippen LogP contribution in [0.15, 0.2) is 53.1 Å². The lowest BCUT2D eigenvalue weighted by Crippen LogP contribution is -2.33. The standard InChI is InChI=1S/C20H18FN3O3S/c1-13-11-18(23-27-13)22-19(25)12-24(2)20(26)10-8-14-7-9-17(28-14)15-5-3-4-6-16(15)21/h3-11H,12H2,1-2H3,(H,22,23,25)/b10-8+. The largest absolute Gasteiger partial charge is 0.360 e. The monoisotopic (exact) mass is 399 g/mol. The minimum Gasteiger partial charge on any atom is -0.360 e. The molecule has 0 aliphatic heterocycles. The molecule has 1 aromatic carbocycles. The van der Waals surface area contributed by atoms with Crippen LogP contribution < -0.4 is 5.32 Å². The number of thiophene rings is 1. The van der Waals surface area contributed by atoms with E-state index in [-0.39, 0.29) is 24.2 Å². The van der Waals surface area contributed by atoms with E-state index in [1.165, 1.54) is 35.4 Å². The van der Waals surface area contributed by atoms with Gasteiger partial charge in [0.05, 0.1) is 6.54 Å². The third-order valence-electron chi connectivity index (χ3n) is 3.81. The zero-order valence-corrected chi connectivity index (χ0v) is 16.1. The summed E-state index contributed by atoms with van der Waals surface area (Å²) in [6.45, 7) is 1.59. The van der Waals surface area contributed by atoms with E-state index >= 15 is 0 Å². The Labute approximate surface area is 165 Å². The minimum absolute atomic E-state index is 0.125. The third-order valence-corrected chi connectivity index (χ3v) is 4.89. The molecule has 8 heteroatoms. The van der Waals surface area contributed by atoms with Crippen molar-refractivity contribution in [3.8, 4) is 10.4 Å². The van der Waals surface area contributed by atoms with Gasteiger partial charge in [-0.1, -0.05) is 23.4 Å². The van der Waals surface area contributed by atoms with E-state index in [1.54, 1.807) is 37.3 Å². The molecule has 0 atom stereocenters. The quantitative estimate of drug-likeness (QED) is 0.637. The number of aryl methyl sites for hydroxylation is 1. The average molecular weight is 399 g/mol. The average Bonchev–Trinajstić information content (AvgIpc) is 3.29. The number of hydrogen-bond donors (Lipinski definition) is 1. The second kappa shape index (κ2) is 8.62. The van der Waals surface area contributed by atoms with Gasteiger partial charge in [0.15, 0.2) is 5.82 Å². The Hall–Kier alpha value is -3.26. The molecule has 0 fully saturated rings. The zero-order valence-electron chi connectivity index (χ0n) is 15.3. The fraction of sp³-hybridized carbons (Fsp3) is 0.150. The number of anilines is 1. The van der Waals surface area contributed by atoms with E-state index in [2.05, 4.69) is 10.5 Å². The van der Waals surface area contributed by atoms with Gasteiger partial charge in [0.1, 0.15) is 11.6 Å². The van der Waals surface area contributed by atoms with Gasteiger partial charge in [-0.05, 0) is 31.2 Å². The highest BCUT2D eigenvalue weighted by atomic mass is 32.1. The molecule has 144 valence electrons. The molecule has 2 aromatic heterocycles. The number of carbonyl (C=O) groups excluding carboxylic acids is 2. The number of aromatic nitrogens is 1. The van der Waals surface area contributed by atoms with E-state index in [4.69, 9.17) is 4.52 Å². The lowest BCUT2D eigenvalue weighted by Gasteiger charge is -2.13. The Morgan fingerprint density at radius 1 is 1.29 bits per heavy atom. The molecule has 0 saturated heterocycles. The molecule has 0 saturated carbocycles. The van der Waals surface area contributed by atoms with Gasteiger partial charge in [0.2, 0.25) is 11.8 Å².